The first kappa shape index (κ1) is 14.7. The summed E-state index contributed by atoms with van der Waals surface area (Å²) in [4.78, 5) is 13.5. The molecule has 0 saturated heterocycles. The van der Waals surface area contributed by atoms with Crippen LogP contribution in [0.25, 0.3) is 16.9 Å². The van der Waals surface area contributed by atoms with E-state index in [1.807, 2.05) is 53.2 Å². The van der Waals surface area contributed by atoms with Gasteiger partial charge in [-0.1, -0.05) is 36.4 Å². The van der Waals surface area contributed by atoms with Gasteiger partial charge in [-0.05, 0) is 18.2 Å². The lowest BCUT2D eigenvalue weighted by atomic mass is 10.0. The number of carbonyl (C=O) groups excluding carboxylic acids is 1. The fourth-order valence-electron chi connectivity index (χ4n) is 2.94. The predicted octanol–water partition coefficient (Wildman–Crippen LogP) is 4.24. The molecule has 1 aromatic heterocycles. The number of benzene rings is 2. The molecule has 0 amide bonds. The number of aromatic nitrogens is 2. The standard InChI is InChI=1S/C19H13N3OS/c20-11-10-16(23)18-15-12-24-17-9-5-4-8-14(17)19(15)22(21-18)13-6-2-1-3-7-13/h1-9H,10,12H2. The van der Waals surface area contributed by atoms with E-state index in [4.69, 9.17) is 5.26 Å². The summed E-state index contributed by atoms with van der Waals surface area (Å²) < 4.78 is 1.83. The minimum Gasteiger partial charge on any atom is -0.291 e. The smallest absolute Gasteiger partial charge is 0.197 e. The van der Waals surface area contributed by atoms with E-state index < -0.39 is 0 Å². The lowest BCUT2D eigenvalue weighted by Crippen LogP contribution is -2.03. The molecule has 0 bridgehead atoms. The fourth-order valence-corrected chi connectivity index (χ4v) is 4.01. The molecule has 24 heavy (non-hydrogen) atoms. The number of hydrogen-bond acceptors (Lipinski definition) is 4. The molecule has 0 spiro atoms. The highest BCUT2D eigenvalue weighted by atomic mass is 32.2. The highest BCUT2D eigenvalue weighted by Gasteiger charge is 2.28. The molecular formula is C19H13N3OS. The van der Waals surface area contributed by atoms with E-state index in [0.717, 1.165) is 22.5 Å². The van der Waals surface area contributed by atoms with Crippen molar-refractivity contribution in [3.63, 3.8) is 0 Å². The van der Waals surface area contributed by atoms with E-state index in [1.165, 1.54) is 4.90 Å². The summed E-state index contributed by atoms with van der Waals surface area (Å²) in [6.07, 6.45) is -0.148. The Morgan fingerprint density at radius 3 is 2.71 bits per heavy atom. The van der Waals surface area contributed by atoms with Gasteiger partial charge in [0.15, 0.2) is 5.78 Å². The van der Waals surface area contributed by atoms with Crippen LogP contribution in [0.5, 0.6) is 0 Å². The number of nitriles is 1. The van der Waals surface area contributed by atoms with Gasteiger partial charge in [-0.25, -0.2) is 4.68 Å². The summed E-state index contributed by atoms with van der Waals surface area (Å²) in [5.74, 6) is 0.467. The van der Waals surface area contributed by atoms with Gasteiger partial charge in [-0.3, -0.25) is 4.79 Å². The van der Waals surface area contributed by atoms with Crippen LogP contribution in [0, 0.1) is 11.3 Å². The maximum absolute atomic E-state index is 12.4. The summed E-state index contributed by atoms with van der Waals surface area (Å²) in [7, 11) is 0. The Morgan fingerprint density at radius 2 is 1.92 bits per heavy atom. The molecule has 0 fully saturated rings. The van der Waals surface area contributed by atoms with Crippen molar-refractivity contribution in [2.75, 3.05) is 0 Å². The van der Waals surface area contributed by atoms with Crippen LogP contribution in [0.3, 0.4) is 0 Å². The van der Waals surface area contributed by atoms with Crippen LogP contribution in [-0.4, -0.2) is 15.6 Å². The third-order valence-corrected chi connectivity index (χ3v) is 5.10. The molecular weight excluding hydrogens is 318 g/mol. The summed E-state index contributed by atoms with van der Waals surface area (Å²) >= 11 is 1.70. The normalized spacial score (nSPS) is 12.1. The van der Waals surface area contributed by atoms with Crippen molar-refractivity contribution in [1.82, 2.24) is 9.78 Å². The largest absolute Gasteiger partial charge is 0.291 e. The molecule has 2 heterocycles. The van der Waals surface area contributed by atoms with Crippen molar-refractivity contribution in [3.05, 3.63) is 65.9 Å². The van der Waals surface area contributed by atoms with Gasteiger partial charge >= 0.3 is 0 Å². The first-order valence-electron chi connectivity index (χ1n) is 7.59. The molecule has 0 unspecified atom stereocenters. The minimum atomic E-state index is -0.219. The van der Waals surface area contributed by atoms with E-state index in [2.05, 4.69) is 17.2 Å². The molecule has 1 aliphatic rings. The average Bonchev–Trinajstić information content (AvgIpc) is 3.03. The van der Waals surface area contributed by atoms with E-state index in [-0.39, 0.29) is 12.2 Å². The Balaban J connectivity index is 1.99. The van der Waals surface area contributed by atoms with Crippen LogP contribution in [0.1, 0.15) is 22.5 Å². The molecule has 0 radical (unpaired) electrons. The summed E-state index contributed by atoms with van der Waals surface area (Å²) in [6.45, 7) is 0. The van der Waals surface area contributed by atoms with E-state index in [0.29, 0.717) is 11.4 Å². The summed E-state index contributed by atoms with van der Waals surface area (Å²) in [5, 5.41) is 13.5. The first-order chi connectivity index (χ1) is 11.8. The number of ketones is 1. The van der Waals surface area contributed by atoms with E-state index >= 15 is 0 Å². The quantitative estimate of drug-likeness (QED) is 0.674. The van der Waals surface area contributed by atoms with E-state index in [1.54, 1.807) is 11.8 Å². The number of hydrogen-bond donors (Lipinski definition) is 0. The maximum atomic E-state index is 12.4. The lowest BCUT2D eigenvalue weighted by Gasteiger charge is -2.18. The molecule has 5 heteroatoms. The fraction of sp³-hybridized carbons (Fsp3) is 0.105. The molecule has 0 aliphatic carbocycles. The molecule has 4 rings (SSSR count). The molecule has 0 atom stereocenters. The molecule has 1 aliphatic heterocycles. The topological polar surface area (TPSA) is 58.7 Å². The van der Waals surface area contributed by atoms with Crippen molar-refractivity contribution < 1.29 is 4.79 Å². The van der Waals surface area contributed by atoms with Crippen LogP contribution < -0.4 is 0 Å². The number of fused-ring (bicyclic) bond motifs is 3. The zero-order valence-electron chi connectivity index (χ0n) is 12.8. The highest BCUT2D eigenvalue weighted by molar-refractivity contribution is 7.98. The van der Waals surface area contributed by atoms with Crippen molar-refractivity contribution in [2.24, 2.45) is 0 Å². The Bertz CT molecular complexity index is 970. The second kappa shape index (κ2) is 5.99. The highest BCUT2D eigenvalue weighted by Crippen LogP contribution is 2.43. The number of carbonyl (C=O) groups is 1. The second-order valence-electron chi connectivity index (χ2n) is 5.47. The Kier molecular flexibility index (Phi) is 3.68. The summed E-state index contributed by atoms with van der Waals surface area (Å²) in [6, 6.07) is 19.9. The number of thioether (sulfide) groups is 1. The zero-order chi connectivity index (χ0) is 16.5. The van der Waals surface area contributed by atoms with Crippen molar-refractivity contribution in [3.8, 4) is 23.0 Å². The molecule has 0 saturated carbocycles. The van der Waals surface area contributed by atoms with Gasteiger partial charge in [-0.15, -0.1) is 11.8 Å². The third-order valence-electron chi connectivity index (χ3n) is 4.00. The Hall–Kier alpha value is -2.84. The lowest BCUT2D eigenvalue weighted by molar-refractivity contribution is 0.0992. The van der Waals surface area contributed by atoms with Gasteiger partial charge in [-0.2, -0.15) is 10.4 Å². The van der Waals surface area contributed by atoms with Gasteiger partial charge < -0.3 is 0 Å². The Morgan fingerprint density at radius 1 is 1.17 bits per heavy atom. The van der Waals surface area contributed by atoms with Crippen LogP contribution in [0.2, 0.25) is 0 Å². The van der Waals surface area contributed by atoms with Crippen LogP contribution in [-0.2, 0) is 5.75 Å². The number of para-hydroxylation sites is 1. The molecule has 3 aromatic rings. The Labute approximate surface area is 143 Å². The van der Waals surface area contributed by atoms with E-state index in [9.17, 15) is 4.79 Å². The minimum absolute atomic E-state index is 0.148. The molecule has 116 valence electrons. The predicted molar refractivity (Wildman–Crippen MR) is 93.1 cm³/mol. The van der Waals surface area contributed by atoms with Gasteiger partial charge in [0.1, 0.15) is 12.1 Å². The average molecular weight is 331 g/mol. The maximum Gasteiger partial charge on any atom is 0.197 e. The van der Waals surface area contributed by atoms with Gasteiger partial charge in [0.2, 0.25) is 0 Å². The molecule has 4 nitrogen and oxygen atoms in total. The molecule has 0 N–H and O–H groups in total. The monoisotopic (exact) mass is 331 g/mol. The van der Waals surface area contributed by atoms with Crippen LogP contribution in [0.4, 0.5) is 0 Å². The van der Waals surface area contributed by atoms with Crippen molar-refractivity contribution in [2.45, 2.75) is 17.1 Å². The van der Waals surface area contributed by atoms with Crippen LogP contribution >= 0.6 is 11.8 Å². The van der Waals surface area contributed by atoms with Gasteiger partial charge in [0.25, 0.3) is 0 Å². The first-order valence-corrected chi connectivity index (χ1v) is 8.58. The zero-order valence-corrected chi connectivity index (χ0v) is 13.6. The summed E-state index contributed by atoms with van der Waals surface area (Å²) in [5.41, 5.74) is 4.28. The van der Waals surface area contributed by atoms with Crippen molar-refractivity contribution in [1.29, 1.82) is 5.26 Å². The van der Waals surface area contributed by atoms with Gasteiger partial charge in [0.05, 0.1) is 17.5 Å². The number of rotatable bonds is 3. The third kappa shape index (κ3) is 2.32. The number of nitrogens with zero attached hydrogens (tertiary/aromatic N) is 3. The second-order valence-corrected chi connectivity index (χ2v) is 6.48. The SMILES string of the molecule is N#CCC(=O)c1nn(-c2ccccc2)c2c1CSc1ccccc1-2. The van der Waals surface area contributed by atoms with Crippen LogP contribution in [0.15, 0.2) is 59.5 Å². The molecule has 2 aromatic carbocycles. The van der Waals surface area contributed by atoms with Crippen molar-refractivity contribution >= 4 is 17.5 Å². The van der Waals surface area contributed by atoms with Gasteiger partial charge in [0, 0.05) is 21.8 Å². The number of Topliss-reactive ketones (excluding diaryl/α,β-unsaturated/α-hetero) is 1.